The van der Waals surface area contributed by atoms with Crippen molar-refractivity contribution in [3.05, 3.63) is 54.5 Å². The van der Waals surface area contributed by atoms with Crippen LogP contribution in [0.25, 0.3) is 10.4 Å². The van der Waals surface area contributed by atoms with Crippen molar-refractivity contribution in [1.29, 1.82) is 0 Å². The van der Waals surface area contributed by atoms with Crippen LogP contribution < -0.4 is 10.2 Å². The van der Waals surface area contributed by atoms with Gasteiger partial charge in [-0.3, -0.25) is 14.5 Å². The van der Waals surface area contributed by atoms with Crippen LogP contribution >= 0.6 is 11.3 Å². The Morgan fingerprint density at radius 2 is 1.93 bits per heavy atom. The Morgan fingerprint density at radius 1 is 1.18 bits per heavy atom. The van der Waals surface area contributed by atoms with Gasteiger partial charge < -0.3 is 19.9 Å². The lowest BCUT2D eigenvalue weighted by Gasteiger charge is -2.36. The van der Waals surface area contributed by atoms with E-state index in [1.54, 1.807) is 7.05 Å². The topological polar surface area (TPSA) is 90.7 Å². The highest BCUT2D eigenvalue weighted by atomic mass is 32.1. The molecule has 8 nitrogen and oxygen atoms in total. The first-order valence-electron chi connectivity index (χ1n) is 8.64. The molecule has 2 N–H and O–H groups in total. The first-order chi connectivity index (χ1) is 13.5. The van der Waals surface area contributed by atoms with E-state index in [0.29, 0.717) is 5.82 Å². The van der Waals surface area contributed by atoms with Gasteiger partial charge in [-0.25, -0.2) is 4.98 Å². The third-order valence-electron chi connectivity index (χ3n) is 4.61. The Morgan fingerprint density at radius 3 is 2.68 bits per heavy atom. The van der Waals surface area contributed by atoms with Crippen molar-refractivity contribution in [2.24, 2.45) is 0 Å². The van der Waals surface area contributed by atoms with Crippen LogP contribution in [-0.4, -0.2) is 51.8 Å². The smallest absolute Gasteiger partial charge is 0.277 e. The largest absolute Gasteiger partial charge is 0.356 e. The van der Waals surface area contributed by atoms with E-state index in [1.165, 1.54) is 39.1 Å². The van der Waals surface area contributed by atoms with Crippen molar-refractivity contribution < 1.29 is 14.7 Å². The van der Waals surface area contributed by atoms with Crippen molar-refractivity contribution in [2.75, 3.05) is 24.3 Å². The Bertz CT molecular complexity index is 1030. The fraction of sp³-hybridized carbons (Fsp3) is 0.211. The van der Waals surface area contributed by atoms with E-state index in [9.17, 15) is 14.7 Å². The molecular weight excluding hydrogens is 378 g/mol. The first kappa shape index (κ1) is 18.2. The molecule has 2 amide bonds. The minimum absolute atomic E-state index is 0.0512. The fourth-order valence-corrected chi connectivity index (χ4v) is 4.03. The number of benzene rings is 1. The normalized spacial score (nSPS) is 16.2. The minimum atomic E-state index is -1.08. The van der Waals surface area contributed by atoms with Crippen LogP contribution in [0, 0.1) is 0 Å². The van der Waals surface area contributed by atoms with Crippen molar-refractivity contribution in [3.63, 3.8) is 0 Å². The molecule has 28 heavy (non-hydrogen) atoms. The zero-order valence-electron chi connectivity index (χ0n) is 15.4. The monoisotopic (exact) mass is 397 g/mol. The average Bonchev–Trinajstić information content (AvgIpc) is 3.33. The summed E-state index contributed by atoms with van der Waals surface area (Å²) >= 11 is 1.48. The molecule has 0 saturated heterocycles. The molecule has 3 heterocycles. The maximum Gasteiger partial charge on any atom is 0.277 e. The van der Waals surface area contributed by atoms with Crippen LogP contribution in [0.4, 0.5) is 10.8 Å². The number of anilines is 2. The van der Waals surface area contributed by atoms with Crippen LogP contribution in [-0.2, 0) is 11.3 Å². The van der Waals surface area contributed by atoms with Crippen LogP contribution in [0.15, 0.2) is 48.8 Å². The van der Waals surface area contributed by atoms with E-state index in [1.807, 2.05) is 42.5 Å². The third kappa shape index (κ3) is 3.14. The molecule has 144 valence electrons. The lowest BCUT2D eigenvalue weighted by Crippen LogP contribution is -2.52. The Kier molecular flexibility index (Phi) is 4.62. The van der Waals surface area contributed by atoms with Crippen LogP contribution in [0.1, 0.15) is 10.5 Å². The molecule has 3 aromatic rings. The zero-order valence-corrected chi connectivity index (χ0v) is 16.2. The number of rotatable bonds is 4. The predicted molar refractivity (Wildman–Crippen MR) is 107 cm³/mol. The molecule has 2 aromatic heterocycles. The second-order valence-corrected chi connectivity index (χ2v) is 7.58. The molecule has 0 saturated carbocycles. The van der Waals surface area contributed by atoms with Crippen molar-refractivity contribution >= 4 is 34.0 Å². The summed E-state index contributed by atoms with van der Waals surface area (Å²) in [5, 5.41) is 13.6. The summed E-state index contributed by atoms with van der Waals surface area (Å²) in [4.78, 5) is 32.9. The lowest BCUT2D eigenvalue weighted by molar-refractivity contribution is -0.116. The van der Waals surface area contributed by atoms with E-state index in [4.69, 9.17) is 0 Å². The number of fused-ring (bicyclic) bond motifs is 1. The minimum Gasteiger partial charge on any atom is -0.356 e. The van der Waals surface area contributed by atoms with E-state index < -0.39 is 6.35 Å². The van der Waals surface area contributed by atoms with Gasteiger partial charge in [0.15, 0.2) is 11.5 Å². The summed E-state index contributed by atoms with van der Waals surface area (Å²) in [6, 6.07) is 13.8. The number of nitrogens with one attached hydrogen (secondary N) is 1. The van der Waals surface area contributed by atoms with E-state index in [2.05, 4.69) is 10.3 Å². The summed E-state index contributed by atoms with van der Waals surface area (Å²) < 4.78 is 1.50. The van der Waals surface area contributed by atoms with Gasteiger partial charge in [-0.1, -0.05) is 30.3 Å². The highest BCUT2D eigenvalue weighted by Crippen LogP contribution is 2.31. The van der Waals surface area contributed by atoms with Gasteiger partial charge in [0, 0.05) is 19.0 Å². The molecule has 1 aliphatic heterocycles. The number of hydrogen-bond acceptors (Lipinski definition) is 6. The summed E-state index contributed by atoms with van der Waals surface area (Å²) in [5.74, 6) is -0.287. The maximum atomic E-state index is 12.5. The highest BCUT2D eigenvalue weighted by molar-refractivity contribution is 7.19. The molecule has 1 atom stereocenters. The number of thiophene rings is 1. The van der Waals surface area contributed by atoms with Crippen LogP contribution in [0.3, 0.4) is 0 Å². The van der Waals surface area contributed by atoms with Crippen LogP contribution in [0.2, 0.25) is 0 Å². The number of carbonyl (C=O) groups is 2. The fourth-order valence-electron chi connectivity index (χ4n) is 3.10. The quantitative estimate of drug-likeness (QED) is 0.703. The van der Waals surface area contributed by atoms with Gasteiger partial charge in [0.1, 0.15) is 6.54 Å². The molecule has 0 bridgehead atoms. The van der Waals surface area contributed by atoms with E-state index in [0.717, 1.165) is 15.4 Å². The number of nitrogens with zero attached hydrogens (tertiary/aromatic N) is 4. The standard InChI is InChI=1S/C19H19N5O3S/c1-22-17-16(18(26)23(2)19(22)27)24(11-20-17)10-14(25)21-15-9-8-13(28-15)12-6-4-3-5-7-12/h3-9,11,19,27H,10H2,1-2H3,(H,21,25). The number of carbonyl (C=O) groups excluding carboxylic acids is 2. The molecule has 9 heteroatoms. The Labute approximate surface area is 165 Å². The number of amides is 2. The number of aromatic nitrogens is 2. The molecule has 0 aliphatic carbocycles. The zero-order chi connectivity index (χ0) is 19.8. The Hall–Kier alpha value is -3.17. The average molecular weight is 397 g/mol. The number of aliphatic hydroxyl groups is 1. The van der Waals surface area contributed by atoms with Gasteiger partial charge in [-0.15, -0.1) is 11.3 Å². The van der Waals surface area contributed by atoms with Gasteiger partial charge in [0.2, 0.25) is 12.3 Å². The van der Waals surface area contributed by atoms with E-state index in [-0.39, 0.29) is 24.1 Å². The van der Waals surface area contributed by atoms with Gasteiger partial charge >= 0.3 is 0 Å². The summed E-state index contributed by atoms with van der Waals surface area (Å²) in [6.07, 6.45) is 0.355. The van der Waals surface area contributed by atoms with Crippen LogP contribution in [0.5, 0.6) is 0 Å². The number of imidazole rings is 1. The second kappa shape index (κ2) is 7.10. The van der Waals surface area contributed by atoms with Crippen molar-refractivity contribution in [1.82, 2.24) is 14.5 Å². The molecule has 4 rings (SSSR count). The summed E-state index contributed by atoms with van der Waals surface area (Å²) in [6.45, 7) is -0.0512. The molecule has 0 spiro atoms. The molecule has 0 fully saturated rings. The molecule has 1 unspecified atom stereocenters. The molecule has 1 aliphatic rings. The van der Waals surface area contributed by atoms with Crippen molar-refractivity contribution in [3.8, 4) is 10.4 Å². The second-order valence-electron chi connectivity index (χ2n) is 6.50. The Balaban J connectivity index is 1.49. The molecule has 1 aromatic carbocycles. The third-order valence-corrected chi connectivity index (χ3v) is 5.66. The lowest BCUT2D eigenvalue weighted by atomic mass is 10.2. The SMILES string of the molecule is CN1C(=O)c2c(ncn2CC(=O)Nc2ccc(-c3ccccc3)s2)N(C)C1O. The maximum absolute atomic E-state index is 12.5. The highest BCUT2D eigenvalue weighted by Gasteiger charge is 2.36. The van der Waals surface area contributed by atoms with Gasteiger partial charge in [0.25, 0.3) is 5.91 Å². The van der Waals surface area contributed by atoms with Gasteiger partial charge in [0.05, 0.1) is 11.3 Å². The summed E-state index contributed by atoms with van der Waals surface area (Å²) in [5.41, 5.74) is 1.37. The van der Waals surface area contributed by atoms with Gasteiger partial charge in [-0.2, -0.15) is 0 Å². The number of aliphatic hydroxyl groups excluding tert-OH is 1. The van der Waals surface area contributed by atoms with Gasteiger partial charge in [-0.05, 0) is 17.7 Å². The molecular formula is C19H19N5O3S. The number of hydrogen-bond donors (Lipinski definition) is 2. The first-order valence-corrected chi connectivity index (χ1v) is 9.45. The van der Waals surface area contributed by atoms with E-state index >= 15 is 0 Å². The summed E-state index contributed by atoms with van der Waals surface area (Å²) in [7, 11) is 3.14. The predicted octanol–water partition coefficient (Wildman–Crippen LogP) is 2.05. The van der Waals surface area contributed by atoms with Crippen molar-refractivity contribution in [2.45, 2.75) is 12.9 Å². The molecule has 0 radical (unpaired) electrons.